The van der Waals surface area contributed by atoms with Gasteiger partial charge in [0, 0.05) is 17.6 Å². The molecule has 0 saturated heterocycles. The molecule has 1 aromatic carbocycles. The summed E-state index contributed by atoms with van der Waals surface area (Å²) in [6.07, 6.45) is 0. The van der Waals surface area contributed by atoms with Crippen LogP contribution in [0.25, 0.3) is 0 Å². The van der Waals surface area contributed by atoms with E-state index in [1.165, 1.54) is 0 Å². The third-order valence-electron chi connectivity index (χ3n) is 2.80. The lowest BCUT2D eigenvalue weighted by atomic mass is 10.3. The van der Waals surface area contributed by atoms with Crippen LogP contribution in [0.3, 0.4) is 0 Å². The first kappa shape index (κ1) is 14.8. The lowest BCUT2D eigenvalue weighted by Crippen LogP contribution is -2.19. The smallest absolute Gasteiger partial charge is 0.119 e. The number of hydrogen-bond acceptors (Lipinski definition) is 5. The van der Waals surface area contributed by atoms with Gasteiger partial charge in [-0.1, -0.05) is 0 Å². The number of ether oxygens (including phenoxy) is 1. The van der Waals surface area contributed by atoms with Gasteiger partial charge in [0.05, 0.1) is 17.2 Å². The van der Waals surface area contributed by atoms with Crippen molar-refractivity contribution in [3.63, 3.8) is 0 Å². The molecule has 5 heteroatoms. The second-order valence-corrected chi connectivity index (χ2v) is 5.95. The van der Waals surface area contributed by atoms with Crippen LogP contribution in [0.5, 0.6) is 5.75 Å². The summed E-state index contributed by atoms with van der Waals surface area (Å²) in [7, 11) is 4.08. The van der Waals surface area contributed by atoms with Crippen molar-refractivity contribution in [2.75, 3.05) is 32.6 Å². The van der Waals surface area contributed by atoms with Crippen molar-refractivity contribution in [2.24, 2.45) is 0 Å². The van der Waals surface area contributed by atoms with Gasteiger partial charge < -0.3 is 15.0 Å². The van der Waals surface area contributed by atoms with Crippen LogP contribution in [0.4, 0.5) is 5.69 Å². The number of anilines is 1. The Labute approximate surface area is 124 Å². The average Bonchev–Trinajstić information content (AvgIpc) is 2.83. The molecule has 0 spiro atoms. The van der Waals surface area contributed by atoms with Gasteiger partial charge in [0.2, 0.25) is 0 Å². The number of nitrogens with one attached hydrogen (secondary N) is 1. The minimum Gasteiger partial charge on any atom is -0.492 e. The lowest BCUT2D eigenvalue weighted by molar-refractivity contribution is 0.261. The van der Waals surface area contributed by atoms with Gasteiger partial charge >= 0.3 is 0 Å². The number of aromatic nitrogens is 1. The summed E-state index contributed by atoms with van der Waals surface area (Å²) in [5.74, 6) is 0.905. The molecule has 0 unspecified atom stereocenters. The molecule has 4 nitrogen and oxygen atoms in total. The Bertz CT molecular complexity index is 522. The van der Waals surface area contributed by atoms with Gasteiger partial charge in [0.25, 0.3) is 0 Å². The predicted octanol–water partition coefficient (Wildman–Crippen LogP) is 3.00. The Morgan fingerprint density at radius 1 is 1.25 bits per heavy atom. The first-order valence-corrected chi connectivity index (χ1v) is 7.54. The predicted molar refractivity (Wildman–Crippen MR) is 84.7 cm³/mol. The highest BCUT2D eigenvalue weighted by atomic mass is 32.1. The second-order valence-electron chi connectivity index (χ2n) is 4.89. The van der Waals surface area contributed by atoms with E-state index in [-0.39, 0.29) is 0 Å². The standard InChI is InChI=1S/C15H21N3OS/c1-12-17-14(11-20-12)10-16-13-4-6-15(7-5-13)19-9-8-18(2)3/h4-7,11,16H,8-10H2,1-3H3. The molecule has 20 heavy (non-hydrogen) atoms. The van der Waals surface area contributed by atoms with E-state index in [4.69, 9.17) is 4.74 Å². The molecule has 0 aliphatic heterocycles. The Morgan fingerprint density at radius 2 is 2.00 bits per heavy atom. The Morgan fingerprint density at radius 3 is 2.60 bits per heavy atom. The van der Waals surface area contributed by atoms with Crippen molar-refractivity contribution < 1.29 is 4.74 Å². The maximum Gasteiger partial charge on any atom is 0.119 e. The fourth-order valence-electron chi connectivity index (χ4n) is 1.70. The van der Waals surface area contributed by atoms with Crippen LogP contribution < -0.4 is 10.1 Å². The maximum atomic E-state index is 5.66. The highest BCUT2D eigenvalue weighted by Crippen LogP contribution is 2.17. The molecule has 0 fully saturated rings. The summed E-state index contributed by atoms with van der Waals surface area (Å²) in [4.78, 5) is 6.53. The van der Waals surface area contributed by atoms with E-state index in [1.807, 2.05) is 45.3 Å². The largest absolute Gasteiger partial charge is 0.492 e. The zero-order valence-corrected chi connectivity index (χ0v) is 13.0. The van der Waals surface area contributed by atoms with E-state index in [0.717, 1.165) is 35.2 Å². The number of likely N-dealkylation sites (N-methyl/N-ethyl adjacent to an activating group) is 1. The van der Waals surface area contributed by atoms with Crippen LogP contribution in [0.15, 0.2) is 29.6 Å². The lowest BCUT2D eigenvalue weighted by Gasteiger charge is -2.11. The summed E-state index contributed by atoms with van der Waals surface area (Å²) in [5.41, 5.74) is 2.16. The molecule has 1 aromatic heterocycles. The third kappa shape index (κ3) is 4.83. The highest BCUT2D eigenvalue weighted by Gasteiger charge is 1.99. The molecular formula is C15H21N3OS. The Balaban J connectivity index is 1.79. The minimum atomic E-state index is 0.706. The molecule has 0 aliphatic rings. The normalized spacial score (nSPS) is 10.8. The van der Waals surface area contributed by atoms with Crippen molar-refractivity contribution in [3.05, 3.63) is 40.3 Å². The second kappa shape index (κ2) is 7.26. The van der Waals surface area contributed by atoms with E-state index in [2.05, 4.69) is 20.6 Å². The van der Waals surface area contributed by atoms with Gasteiger partial charge in [-0.2, -0.15) is 0 Å². The van der Waals surface area contributed by atoms with Crippen molar-refractivity contribution in [1.29, 1.82) is 0 Å². The SMILES string of the molecule is Cc1nc(CNc2ccc(OCCN(C)C)cc2)cs1. The molecule has 108 valence electrons. The maximum absolute atomic E-state index is 5.66. The molecule has 2 aromatic rings. The minimum absolute atomic E-state index is 0.706. The third-order valence-corrected chi connectivity index (χ3v) is 3.62. The van der Waals surface area contributed by atoms with E-state index in [0.29, 0.717) is 6.61 Å². The van der Waals surface area contributed by atoms with E-state index in [1.54, 1.807) is 11.3 Å². The van der Waals surface area contributed by atoms with Gasteiger partial charge in [0.1, 0.15) is 12.4 Å². The molecule has 0 radical (unpaired) electrons. The molecule has 0 amide bonds. The number of benzene rings is 1. The van der Waals surface area contributed by atoms with Crippen LogP contribution >= 0.6 is 11.3 Å². The van der Waals surface area contributed by atoms with E-state index in [9.17, 15) is 0 Å². The summed E-state index contributed by atoms with van der Waals surface area (Å²) < 4.78 is 5.66. The zero-order valence-electron chi connectivity index (χ0n) is 12.2. The summed E-state index contributed by atoms with van der Waals surface area (Å²) >= 11 is 1.68. The molecule has 0 saturated carbocycles. The van der Waals surface area contributed by atoms with Gasteiger partial charge in [-0.15, -0.1) is 11.3 Å². The van der Waals surface area contributed by atoms with Gasteiger partial charge in [-0.25, -0.2) is 4.98 Å². The molecular weight excluding hydrogens is 270 g/mol. The van der Waals surface area contributed by atoms with Crippen molar-refractivity contribution >= 4 is 17.0 Å². The Hall–Kier alpha value is -1.59. The van der Waals surface area contributed by atoms with Gasteiger partial charge in [-0.05, 0) is 45.3 Å². The van der Waals surface area contributed by atoms with E-state index >= 15 is 0 Å². The summed E-state index contributed by atoms with van der Waals surface area (Å²) in [6, 6.07) is 8.04. The van der Waals surface area contributed by atoms with Gasteiger partial charge in [0.15, 0.2) is 0 Å². The van der Waals surface area contributed by atoms with Crippen LogP contribution in [-0.4, -0.2) is 37.1 Å². The molecule has 0 atom stereocenters. The Kier molecular flexibility index (Phi) is 5.38. The van der Waals surface area contributed by atoms with Crippen LogP contribution in [0.1, 0.15) is 10.7 Å². The van der Waals surface area contributed by atoms with Crippen molar-refractivity contribution in [3.8, 4) is 5.75 Å². The topological polar surface area (TPSA) is 37.4 Å². The first-order valence-electron chi connectivity index (χ1n) is 6.66. The fraction of sp³-hybridized carbons (Fsp3) is 0.400. The molecule has 1 N–H and O–H groups in total. The molecule has 1 heterocycles. The fourth-order valence-corrected chi connectivity index (χ4v) is 2.31. The summed E-state index contributed by atoms with van der Waals surface area (Å²) in [5, 5.41) is 6.54. The number of nitrogens with zero attached hydrogens (tertiary/aromatic N) is 2. The first-order chi connectivity index (χ1) is 9.63. The number of aryl methyl sites for hydroxylation is 1. The van der Waals surface area contributed by atoms with Gasteiger partial charge in [-0.3, -0.25) is 0 Å². The molecule has 0 bridgehead atoms. The van der Waals surface area contributed by atoms with Crippen LogP contribution in [0.2, 0.25) is 0 Å². The van der Waals surface area contributed by atoms with Crippen LogP contribution in [0, 0.1) is 6.92 Å². The number of thiazole rings is 1. The number of rotatable bonds is 7. The van der Waals surface area contributed by atoms with Crippen molar-refractivity contribution in [1.82, 2.24) is 9.88 Å². The van der Waals surface area contributed by atoms with Crippen LogP contribution in [-0.2, 0) is 6.54 Å². The average molecular weight is 291 g/mol. The highest BCUT2D eigenvalue weighted by molar-refractivity contribution is 7.09. The monoisotopic (exact) mass is 291 g/mol. The summed E-state index contributed by atoms with van der Waals surface area (Å²) in [6.45, 7) is 4.40. The molecule has 0 aliphatic carbocycles. The zero-order chi connectivity index (χ0) is 14.4. The quantitative estimate of drug-likeness (QED) is 0.851. The van der Waals surface area contributed by atoms with Crippen molar-refractivity contribution in [2.45, 2.75) is 13.5 Å². The number of hydrogen-bond donors (Lipinski definition) is 1. The molecule has 2 rings (SSSR count). The van der Waals surface area contributed by atoms with E-state index < -0.39 is 0 Å².